The fourth-order valence-electron chi connectivity index (χ4n) is 3.54. The van der Waals surface area contributed by atoms with Gasteiger partial charge in [-0.15, -0.1) is 11.3 Å². The predicted molar refractivity (Wildman–Crippen MR) is 87.0 cm³/mol. The van der Waals surface area contributed by atoms with Gasteiger partial charge in [0, 0.05) is 24.5 Å². The Labute approximate surface area is 127 Å². The van der Waals surface area contributed by atoms with E-state index < -0.39 is 0 Å². The molecule has 20 heavy (non-hydrogen) atoms. The van der Waals surface area contributed by atoms with Crippen LogP contribution in [-0.2, 0) is 6.54 Å². The molecule has 0 amide bonds. The van der Waals surface area contributed by atoms with Crippen LogP contribution in [0.25, 0.3) is 0 Å². The molecule has 3 atom stereocenters. The first kappa shape index (κ1) is 15.9. The Morgan fingerprint density at radius 2 is 2.25 bits per heavy atom. The van der Waals surface area contributed by atoms with E-state index in [-0.39, 0.29) is 0 Å². The molecule has 1 aliphatic carbocycles. The molecular weight excluding hydrogens is 266 g/mol. The molecule has 4 heteroatoms. The minimum Gasteiger partial charge on any atom is -0.317 e. The molecule has 3 nitrogen and oxygen atoms in total. The van der Waals surface area contributed by atoms with E-state index in [0.29, 0.717) is 6.04 Å². The summed E-state index contributed by atoms with van der Waals surface area (Å²) in [6.45, 7) is 6.90. The Balaban J connectivity index is 1.90. The maximum absolute atomic E-state index is 4.39. The summed E-state index contributed by atoms with van der Waals surface area (Å²) in [7, 11) is 4.35. The van der Waals surface area contributed by atoms with Crippen molar-refractivity contribution >= 4 is 11.3 Å². The van der Waals surface area contributed by atoms with Crippen molar-refractivity contribution in [1.29, 1.82) is 0 Å². The SMILES string of the molecule is CNC1CCC(C(C)C)CC1CN(C)Cc1cscn1. The molecule has 0 aliphatic heterocycles. The fourth-order valence-corrected chi connectivity index (χ4v) is 4.09. The lowest BCUT2D eigenvalue weighted by Crippen LogP contribution is -2.44. The summed E-state index contributed by atoms with van der Waals surface area (Å²) in [5.74, 6) is 2.49. The number of aromatic nitrogens is 1. The number of nitrogens with zero attached hydrogens (tertiary/aromatic N) is 2. The molecule has 1 N–H and O–H groups in total. The second-order valence-electron chi connectivity index (χ2n) is 6.65. The zero-order valence-electron chi connectivity index (χ0n) is 13.3. The topological polar surface area (TPSA) is 28.2 Å². The van der Waals surface area contributed by atoms with Gasteiger partial charge in [0.15, 0.2) is 0 Å². The lowest BCUT2D eigenvalue weighted by Gasteiger charge is -2.39. The number of thiazole rings is 1. The van der Waals surface area contributed by atoms with E-state index in [4.69, 9.17) is 0 Å². The predicted octanol–water partition coefficient (Wildman–Crippen LogP) is 3.24. The third kappa shape index (κ3) is 4.27. The summed E-state index contributed by atoms with van der Waals surface area (Å²) >= 11 is 1.69. The first-order valence-electron chi connectivity index (χ1n) is 7.83. The van der Waals surface area contributed by atoms with Gasteiger partial charge in [0.25, 0.3) is 0 Å². The van der Waals surface area contributed by atoms with Crippen LogP contribution in [-0.4, -0.2) is 36.6 Å². The average Bonchev–Trinajstić information content (AvgIpc) is 2.91. The smallest absolute Gasteiger partial charge is 0.0795 e. The lowest BCUT2D eigenvalue weighted by molar-refractivity contribution is 0.133. The normalized spacial score (nSPS) is 27.4. The molecule has 114 valence electrons. The number of hydrogen-bond acceptors (Lipinski definition) is 4. The highest BCUT2D eigenvalue weighted by atomic mass is 32.1. The third-order valence-corrected chi connectivity index (χ3v) is 5.43. The van der Waals surface area contributed by atoms with E-state index in [1.807, 2.05) is 5.51 Å². The molecule has 0 radical (unpaired) electrons. The summed E-state index contributed by atoms with van der Waals surface area (Å²) in [5, 5.41) is 5.69. The van der Waals surface area contributed by atoms with E-state index in [1.54, 1.807) is 11.3 Å². The number of rotatable bonds is 6. The first-order valence-corrected chi connectivity index (χ1v) is 8.77. The van der Waals surface area contributed by atoms with Gasteiger partial charge >= 0.3 is 0 Å². The molecule has 0 saturated heterocycles. The van der Waals surface area contributed by atoms with Crippen molar-refractivity contribution in [3.8, 4) is 0 Å². The van der Waals surface area contributed by atoms with Crippen LogP contribution in [0.4, 0.5) is 0 Å². The maximum Gasteiger partial charge on any atom is 0.0795 e. The molecule has 1 aliphatic rings. The standard InChI is InChI=1S/C16H29N3S/c1-12(2)13-5-6-16(17-3)14(7-13)8-19(4)9-15-10-20-11-18-15/h10-14,16-17H,5-9H2,1-4H3. The number of hydrogen-bond donors (Lipinski definition) is 1. The van der Waals surface area contributed by atoms with Crippen molar-refractivity contribution in [3.63, 3.8) is 0 Å². The van der Waals surface area contributed by atoms with Crippen LogP contribution in [0.3, 0.4) is 0 Å². The van der Waals surface area contributed by atoms with Crippen LogP contribution >= 0.6 is 11.3 Å². The monoisotopic (exact) mass is 295 g/mol. The summed E-state index contributed by atoms with van der Waals surface area (Å²) in [6, 6.07) is 0.683. The van der Waals surface area contributed by atoms with Crippen LogP contribution < -0.4 is 5.32 Å². The Kier molecular flexibility index (Phi) is 6.00. The minimum atomic E-state index is 0.683. The molecule has 3 unspecified atom stereocenters. The van der Waals surface area contributed by atoms with Crippen molar-refractivity contribution < 1.29 is 0 Å². The highest BCUT2D eigenvalue weighted by Crippen LogP contribution is 2.34. The van der Waals surface area contributed by atoms with Crippen molar-refractivity contribution in [2.45, 2.75) is 45.7 Å². The van der Waals surface area contributed by atoms with Crippen molar-refractivity contribution in [2.75, 3.05) is 20.6 Å². The first-order chi connectivity index (χ1) is 9.60. The lowest BCUT2D eigenvalue weighted by atomic mass is 9.73. The van der Waals surface area contributed by atoms with Crippen LogP contribution in [0.2, 0.25) is 0 Å². The van der Waals surface area contributed by atoms with Gasteiger partial charge in [-0.1, -0.05) is 13.8 Å². The Hall–Kier alpha value is -0.450. The summed E-state index contributed by atoms with van der Waals surface area (Å²) in [4.78, 5) is 6.83. The van der Waals surface area contributed by atoms with Gasteiger partial charge in [0.1, 0.15) is 0 Å². The van der Waals surface area contributed by atoms with Crippen molar-refractivity contribution in [2.24, 2.45) is 17.8 Å². The Morgan fingerprint density at radius 1 is 1.45 bits per heavy atom. The molecule has 1 heterocycles. The molecule has 0 spiro atoms. The van der Waals surface area contributed by atoms with Crippen molar-refractivity contribution in [3.05, 3.63) is 16.6 Å². The van der Waals surface area contributed by atoms with Gasteiger partial charge < -0.3 is 10.2 Å². The summed E-state index contributed by atoms with van der Waals surface area (Å²) in [6.07, 6.45) is 4.08. The molecule has 0 bridgehead atoms. The van der Waals surface area contributed by atoms with Gasteiger partial charge in [-0.05, 0) is 51.1 Å². The Bertz CT molecular complexity index is 377. The van der Waals surface area contributed by atoms with E-state index in [1.165, 1.54) is 31.5 Å². The Morgan fingerprint density at radius 3 is 2.85 bits per heavy atom. The van der Waals surface area contributed by atoms with Gasteiger partial charge in [-0.2, -0.15) is 0 Å². The van der Waals surface area contributed by atoms with Crippen LogP contribution in [0.1, 0.15) is 38.8 Å². The zero-order valence-corrected chi connectivity index (χ0v) is 14.1. The second kappa shape index (κ2) is 7.53. The van der Waals surface area contributed by atoms with E-state index in [0.717, 1.165) is 24.3 Å². The number of nitrogens with one attached hydrogen (secondary N) is 1. The second-order valence-corrected chi connectivity index (χ2v) is 7.37. The molecule has 1 aromatic heterocycles. The van der Waals surface area contributed by atoms with E-state index >= 15 is 0 Å². The van der Waals surface area contributed by atoms with Gasteiger partial charge in [0.2, 0.25) is 0 Å². The quantitative estimate of drug-likeness (QED) is 0.873. The molecule has 2 rings (SSSR count). The fraction of sp³-hybridized carbons (Fsp3) is 0.812. The molecule has 1 saturated carbocycles. The highest BCUT2D eigenvalue weighted by molar-refractivity contribution is 7.07. The van der Waals surface area contributed by atoms with Gasteiger partial charge in [-0.25, -0.2) is 4.98 Å². The molecule has 1 aromatic rings. The average molecular weight is 295 g/mol. The summed E-state index contributed by atoms with van der Waals surface area (Å²) in [5.41, 5.74) is 3.13. The third-order valence-electron chi connectivity index (χ3n) is 4.80. The summed E-state index contributed by atoms with van der Waals surface area (Å²) < 4.78 is 0. The zero-order chi connectivity index (χ0) is 14.5. The molecule has 1 fully saturated rings. The van der Waals surface area contributed by atoms with Crippen molar-refractivity contribution in [1.82, 2.24) is 15.2 Å². The van der Waals surface area contributed by atoms with Gasteiger partial charge in [0.05, 0.1) is 11.2 Å². The van der Waals surface area contributed by atoms with E-state index in [2.05, 4.69) is 48.5 Å². The minimum absolute atomic E-state index is 0.683. The van der Waals surface area contributed by atoms with Crippen LogP contribution in [0.15, 0.2) is 10.9 Å². The van der Waals surface area contributed by atoms with Crippen LogP contribution in [0, 0.1) is 17.8 Å². The van der Waals surface area contributed by atoms with E-state index in [9.17, 15) is 0 Å². The van der Waals surface area contributed by atoms with Crippen LogP contribution in [0.5, 0.6) is 0 Å². The largest absolute Gasteiger partial charge is 0.317 e. The van der Waals surface area contributed by atoms with Gasteiger partial charge in [-0.3, -0.25) is 0 Å². The highest BCUT2D eigenvalue weighted by Gasteiger charge is 2.31. The molecular formula is C16H29N3S. The molecule has 0 aromatic carbocycles. The maximum atomic E-state index is 4.39.